The van der Waals surface area contributed by atoms with Gasteiger partial charge in [-0.2, -0.15) is 10.2 Å². The van der Waals surface area contributed by atoms with Crippen molar-refractivity contribution in [1.29, 1.82) is 0 Å². The molecule has 0 radical (unpaired) electrons. The number of para-hydroxylation sites is 1. The predicted molar refractivity (Wildman–Crippen MR) is 103 cm³/mol. The molecule has 0 aliphatic rings. The van der Waals surface area contributed by atoms with E-state index in [1.807, 2.05) is 51.1 Å². The molecule has 3 aromatic rings. The van der Waals surface area contributed by atoms with E-state index in [1.165, 1.54) is 10.9 Å². The molecule has 1 aromatic carbocycles. The van der Waals surface area contributed by atoms with Crippen LogP contribution in [0.15, 0.2) is 46.3 Å². The molecule has 0 fully saturated rings. The number of nitrogens with one attached hydrogen (secondary N) is 3. The number of aromatic amines is 2. The van der Waals surface area contributed by atoms with E-state index in [0.717, 1.165) is 11.4 Å². The lowest BCUT2D eigenvalue weighted by atomic mass is 9.92. The maximum atomic E-state index is 12.6. The molecule has 8 nitrogen and oxygen atoms in total. The number of carbonyl (C=O) groups is 1. The highest BCUT2D eigenvalue weighted by molar-refractivity contribution is 5.93. The Morgan fingerprint density at radius 1 is 1.26 bits per heavy atom. The Morgan fingerprint density at radius 3 is 2.59 bits per heavy atom. The first-order valence-corrected chi connectivity index (χ1v) is 8.53. The first kappa shape index (κ1) is 18.4. The van der Waals surface area contributed by atoms with Crippen molar-refractivity contribution in [2.45, 2.75) is 33.1 Å². The number of hydrogen-bond acceptors (Lipinski definition) is 4. The standard InChI is InChI=1S/C19H22N6O2/c1-12-14(18(27)25(24-12)13-8-6-5-7-9-13)11-20-23-17(26)15-10-16(22-21-15)19(2,3)4/h5-11,24H,1-4H3,(H,21,22)(H,23,26)/b20-11+. The van der Waals surface area contributed by atoms with Crippen molar-refractivity contribution in [2.75, 3.05) is 0 Å². The lowest BCUT2D eigenvalue weighted by Gasteiger charge is -2.14. The van der Waals surface area contributed by atoms with E-state index < -0.39 is 5.91 Å². The maximum Gasteiger partial charge on any atom is 0.291 e. The van der Waals surface area contributed by atoms with E-state index >= 15 is 0 Å². The van der Waals surface area contributed by atoms with Crippen molar-refractivity contribution in [3.05, 3.63) is 69.4 Å². The summed E-state index contributed by atoms with van der Waals surface area (Å²) < 4.78 is 1.43. The maximum absolute atomic E-state index is 12.6. The van der Waals surface area contributed by atoms with Crippen molar-refractivity contribution >= 4 is 12.1 Å². The Balaban J connectivity index is 1.75. The molecule has 0 atom stereocenters. The van der Waals surface area contributed by atoms with Crippen molar-refractivity contribution in [3.8, 4) is 5.69 Å². The second-order valence-corrected chi connectivity index (χ2v) is 7.24. The number of carbonyl (C=O) groups excluding carboxylic acids is 1. The summed E-state index contributed by atoms with van der Waals surface area (Å²) in [6, 6.07) is 10.9. The van der Waals surface area contributed by atoms with Crippen LogP contribution in [0.25, 0.3) is 5.69 Å². The van der Waals surface area contributed by atoms with Gasteiger partial charge < -0.3 is 0 Å². The average Bonchev–Trinajstić information content (AvgIpc) is 3.23. The minimum Gasteiger partial charge on any atom is -0.295 e. The number of rotatable bonds is 4. The summed E-state index contributed by atoms with van der Waals surface area (Å²) in [4.78, 5) is 24.7. The van der Waals surface area contributed by atoms with Gasteiger partial charge in [0, 0.05) is 16.8 Å². The lowest BCUT2D eigenvalue weighted by molar-refractivity contribution is 0.0950. The number of aromatic nitrogens is 4. The van der Waals surface area contributed by atoms with E-state index in [4.69, 9.17) is 0 Å². The second kappa shape index (κ2) is 7.06. The second-order valence-electron chi connectivity index (χ2n) is 7.24. The number of aryl methyl sites for hydroxylation is 1. The molecule has 0 aliphatic carbocycles. The molecular weight excluding hydrogens is 344 g/mol. The van der Waals surface area contributed by atoms with E-state index in [2.05, 4.69) is 25.8 Å². The molecule has 2 aromatic heterocycles. The third-order valence-electron chi connectivity index (χ3n) is 4.11. The molecule has 0 saturated heterocycles. The Hall–Kier alpha value is -3.42. The Bertz CT molecular complexity index is 1030. The van der Waals surface area contributed by atoms with Crippen LogP contribution in [-0.4, -0.2) is 32.1 Å². The van der Waals surface area contributed by atoms with Crippen molar-refractivity contribution < 1.29 is 4.79 Å². The van der Waals surface area contributed by atoms with E-state index in [9.17, 15) is 9.59 Å². The highest BCUT2D eigenvalue weighted by atomic mass is 16.2. The molecule has 1 amide bonds. The topological polar surface area (TPSA) is 108 Å². The summed E-state index contributed by atoms with van der Waals surface area (Å²) in [5, 5.41) is 13.8. The monoisotopic (exact) mass is 366 g/mol. The molecule has 0 bridgehead atoms. The molecule has 8 heteroatoms. The minimum atomic E-state index is -0.449. The molecule has 0 aliphatic heterocycles. The number of amides is 1. The molecule has 140 valence electrons. The third kappa shape index (κ3) is 3.89. The van der Waals surface area contributed by atoms with Crippen LogP contribution in [0.5, 0.6) is 0 Å². The fourth-order valence-electron chi connectivity index (χ4n) is 2.51. The number of hydrazone groups is 1. The van der Waals surface area contributed by atoms with E-state index in [0.29, 0.717) is 11.3 Å². The Labute approximate surface area is 156 Å². The molecule has 0 spiro atoms. The van der Waals surface area contributed by atoms with Crippen LogP contribution in [0.2, 0.25) is 0 Å². The van der Waals surface area contributed by atoms with E-state index in [1.54, 1.807) is 13.0 Å². The van der Waals surface area contributed by atoms with Crippen LogP contribution in [0.4, 0.5) is 0 Å². The van der Waals surface area contributed by atoms with Crippen LogP contribution >= 0.6 is 0 Å². The first-order chi connectivity index (χ1) is 12.8. The number of hydrogen-bond donors (Lipinski definition) is 3. The fourth-order valence-corrected chi connectivity index (χ4v) is 2.51. The van der Waals surface area contributed by atoms with Gasteiger partial charge in [-0.25, -0.2) is 10.1 Å². The predicted octanol–water partition coefficient (Wildman–Crippen LogP) is 2.26. The number of benzene rings is 1. The zero-order valence-corrected chi connectivity index (χ0v) is 15.7. The minimum absolute atomic E-state index is 0.139. The molecule has 3 rings (SSSR count). The van der Waals surface area contributed by atoms with Gasteiger partial charge in [-0.15, -0.1) is 0 Å². The molecular formula is C19H22N6O2. The van der Waals surface area contributed by atoms with Gasteiger partial charge in [0.1, 0.15) is 0 Å². The number of H-pyrrole nitrogens is 2. The summed E-state index contributed by atoms with van der Waals surface area (Å²) in [5.41, 5.74) is 4.85. The van der Waals surface area contributed by atoms with Crippen LogP contribution in [-0.2, 0) is 5.41 Å². The van der Waals surface area contributed by atoms with Crippen molar-refractivity contribution in [1.82, 2.24) is 25.4 Å². The van der Waals surface area contributed by atoms with Gasteiger partial charge in [0.2, 0.25) is 0 Å². The molecule has 0 unspecified atom stereocenters. The summed E-state index contributed by atoms with van der Waals surface area (Å²) in [6.07, 6.45) is 1.34. The third-order valence-corrected chi connectivity index (χ3v) is 4.11. The Morgan fingerprint density at radius 2 is 1.96 bits per heavy atom. The summed E-state index contributed by atoms with van der Waals surface area (Å²) in [6.45, 7) is 7.83. The zero-order chi connectivity index (χ0) is 19.6. The van der Waals surface area contributed by atoms with E-state index in [-0.39, 0.29) is 16.7 Å². The normalized spacial score (nSPS) is 11.9. The SMILES string of the molecule is Cc1[nH]n(-c2ccccc2)c(=O)c1/C=N/NC(=O)c1cc(C(C)(C)C)[nH]n1. The molecule has 2 heterocycles. The van der Waals surface area contributed by atoms with Crippen molar-refractivity contribution in [3.63, 3.8) is 0 Å². The lowest BCUT2D eigenvalue weighted by Crippen LogP contribution is -2.20. The Kier molecular flexibility index (Phi) is 4.81. The van der Waals surface area contributed by atoms with Crippen LogP contribution in [0.3, 0.4) is 0 Å². The summed E-state index contributed by atoms with van der Waals surface area (Å²) >= 11 is 0. The van der Waals surface area contributed by atoms with Gasteiger partial charge in [0.05, 0.1) is 17.5 Å². The highest BCUT2D eigenvalue weighted by Crippen LogP contribution is 2.20. The van der Waals surface area contributed by atoms with Gasteiger partial charge in [-0.3, -0.25) is 19.8 Å². The summed E-state index contributed by atoms with van der Waals surface area (Å²) in [5.74, 6) is -0.449. The number of nitrogens with zero attached hydrogens (tertiary/aromatic N) is 3. The first-order valence-electron chi connectivity index (χ1n) is 8.53. The quantitative estimate of drug-likeness (QED) is 0.487. The van der Waals surface area contributed by atoms with Gasteiger partial charge in [-0.1, -0.05) is 39.0 Å². The van der Waals surface area contributed by atoms with Crippen LogP contribution in [0.1, 0.15) is 48.2 Å². The van der Waals surface area contributed by atoms with Gasteiger partial charge in [0.15, 0.2) is 5.69 Å². The van der Waals surface area contributed by atoms with Crippen LogP contribution in [0, 0.1) is 6.92 Å². The largest absolute Gasteiger partial charge is 0.295 e. The fraction of sp³-hybridized carbons (Fsp3) is 0.263. The summed E-state index contributed by atoms with van der Waals surface area (Å²) in [7, 11) is 0. The smallest absolute Gasteiger partial charge is 0.291 e. The highest BCUT2D eigenvalue weighted by Gasteiger charge is 2.19. The van der Waals surface area contributed by atoms with Gasteiger partial charge in [-0.05, 0) is 25.1 Å². The molecule has 3 N–H and O–H groups in total. The van der Waals surface area contributed by atoms with Crippen molar-refractivity contribution in [2.24, 2.45) is 5.10 Å². The molecule has 0 saturated carbocycles. The average molecular weight is 366 g/mol. The van der Waals surface area contributed by atoms with Gasteiger partial charge in [0.25, 0.3) is 11.5 Å². The van der Waals surface area contributed by atoms with Gasteiger partial charge >= 0.3 is 0 Å². The van der Waals surface area contributed by atoms with Crippen LogP contribution < -0.4 is 11.0 Å². The molecule has 27 heavy (non-hydrogen) atoms. The zero-order valence-electron chi connectivity index (χ0n) is 15.7.